The first kappa shape index (κ1) is 8.99. The highest BCUT2D eigenvalue weighted by atomic mass is 16.4. The predicted octanol–water partition coefficient (Wildman–Crippen LogP) is -0.244. The lowest BCUT2D eigenvalue weighted by atomic mass is 9.76. The summed E-state index contributed by atoms with van der Waals surface area (Å²) in [5, 5.41) is 24.9. The van der Waals surface area contributed by atoms with Crippen LogP contribution < -0.4 is 5.46 Å². The van der Waals surface area contributed by atoms with E-state index in [1.807, 2.05) is 6.07 Å². The molecular formula is C9H9BN2O2. The average molecular weight is 188 g/mol. The maximum Gasteiger partial charge on any atom is 0.489 e. The SMILES string of the molecule is OB(O)c1ccccc1-c1cc[nH]n1. The minimum Gasteiger partial charge on any atom is -0.423 e. The van der Waals surface area contributed by atoms with Crippen LogP contribution in [0, 0.1) is 0 Å². The third-order valence-electron chi connectivity index (χ3n) is 2.02. The van der Waals surface area contributed by atoms with Crippen LogP contribution >= 0.6 is 0 Å². The van der Waals surface area contributed by atoms with Gasteiger partial charge in [0.05, 0.1) is 5.69 Å². The van der Waals surface area contributed by atoms with Gasteiger partial charge in [0.2, 0.25) is 0 Å². The van der Waals surface area contributed by atoms with E-state index in [1.165, 1.54) is 0 Å². The van der Waals surface area contributed by atoms with E-state index in [1.54, 1.807) is 30.5 Å². The van der Waals surface area contributed by atoms with E-state index < -0.39 is 7.12 Å². The maximum absolute atomic E-state index is 9.12. The summed E-state index contributed by atoms with van der Waals surface area (Å²) < 4.78 is 0. The quantitative estimate of drug-likeness (QED) is 0.569. The maximum atomic E-state index is 9.12. The molecule has 5 heteroatoms. The van der Waals surface area contributed by atoms with Crippen molar-refractivity contribution < 1.29 is 10.0 Å². The Labute approximate surface area is 81.4 Å². The summed E-state index contributed by atoms with van der Waals surface area (Å²) in [5.41, 5.74) is 1.89. The first-order valence-electron chi connectivity index (χ1n) is 4.24. The molecule has 1 heterocycles. The zero-order chi connectivity index (χ0) is 9.97. The number of hydrogen-bond donors (Lipinski definition) is 3. The number of benzene rings is 1. The van der Waals surface area contributed by atoms with Crippen LogP contribution in [0.3, 0.4) is 0 Å². The molecule has 0 bridgehead atoms. The molecule has 0 radical (unpaired) electrons. The molecule has 0 spiro atoms. The highest BCUT2D eigenvalue weighted by Crippen LogP contribution is 2.13. The Morgan fingerprint density at radius 2 is 1.93 bits per heavy atom. The van der Waals surface area contributed by atoms with E-state index in [4.69, 9.17) is 10.0 Å². The number of nitrogens with one attached hydrogen (secondary N) is 1. The number of H-pyrrole nitrogens is 1. The van der Waals surface area contributed by atoms with Crippen molar-refractivity contribution in [2.45, 2.75) is 0 Å². The van der Waals surface area contributed by atoms with Crippen LogP contribution in [0.2, 0.25) is 0 Å². The normalized spacial score (nSPS) is 10.1. The molecule has 14 heavy (non-hydrogen) atoms. The fourth-order valence-corrected chi connectivity index (χ4v) is 1.37. The molecule has 1 aromatic heterocycles. The fourth-order valence-electron chi connectivity index (χ4n) is 1.37. The van der Waals surface area contributed by atoms with Gasteiger partial charge in [-0.3, -0.25) is 5.10 Å². The second-order valence-electron chi connectivity index (χ2n) is 2.92. The molecular weight excluding hydrogens is 179 g/mol. The van der Waals surface area contributed by atoms with Gasteiger partial charge >= 0.3 is 7.12 Å². The van der Waals surface area contributed by atoms with Crippen molar-refractivity contribution in [2.24, 2.45) is 0 Å². The topological polar surface area (TPSA) is 69.1 Å². The second-order valence-corrected chi connectivity index (χ2v) is 2.92. The molecule has 0 aliphatic carbocycles. The molecule has 1 aromatic carbocycles. The fraction of sp³-hybridized carbons (Fsp3) is 0. The molecule has 70 valence electrons. The van der Waals surface area contributed by atoms with E-state index in [9.17, 15) is 0 Å². The molecule has 2 aromatic rings. The van der Waals surface area contributed by atoms with Crippen LogP contribution in [-0.2, 0) is 0 Å². The van der Waals surface area contributed by atoms with Crippen molar-refractivity contribution in [3.05, 3.63) is 36.5 Å². The minimum absolute atomic E-state index is 0.458. The third-order valence-corrected chi connectivity index (χ3v) is 2.02. The Hall–Kier alpha value is -1.59. The van der Waals surface area contributed by atoms with Gasteiger partial charge in [0.25, 0.3) is 0 Å². The lowest BCUT2D eigenvalue weighted by Crippen LogP contribution is -2.31. The lowest BCUT2D eigenvalue weighted by molar-refractivity contribution is 0.426. The number of nitrogens with zero attached hydrogens (tertiary/aromatic N) is 1. The molecule has 0 aliphatic rings. The van der Waals surface area contributed by atoms with Crippen LogP contribution in [0.4, 0.5) is 0 Å². The van der Waals surface area contributed by atoms with Gasteiger partial charge in [0.1, 0.15) is 0 Å². The van der Waals surface area contributed by atoms with E-state index in [0.717, 1.165) is 5.56 Å². The monoisotopic (exact) mass is 188 g/mol. The molecule has 4 nitrogen and oxygen atoms in total. The summed E-state index contributed by atoms with van der Waals surface area (Å²) in [6, 6.07) is 8.82. The Balaban J connectivity index is 2.53. The van der Waals surface area contributed by atoms with Gasteiger partial charge in [-0.25, -0.2) is 0 Å². The second kappa shape index (κ2) is 3.65. The van der Waals surface area contributed by atoms with Crippen LogP contribution in [0.25, 0.3) is 11.3 Å². The largest absolute Gasteiger partial charge is 0.489 e. The van der Waals surface area contributed by atoms with E-state index in [-0.39, 0.29) is 0 Å². The average Bonchev–Trinajstić information content (AvgIpc) is 2.70. The number of aromatic nitrogens is 2. The van der Waals surface area contributed by atoms with Crippen LogP contribution in [0.1, 0.15) is 0 Å². The highest BCUT2D eigenvalue weighted by molar-refractivity contribution is 6.60. The summed E-state index contributed by atoms with van der Waals surface area (Å²) >= 11 is 0. The Morgan fingerprint density at radius 1 is 1.14 bits per heavy atom. The molecule has 0 fully saturated rings. The van der Waals surface area contributed by atoms with Gasteiger partial charge in [-0.1, -0.05) is 24.3 Å². The van der Waals surface area contributed by atoms with Gasteiger partial charge in [0.15, 0.2) is 0 Å². The molecule has 2 rings (SSSR count). The molecule has 0 atom stereocenters. The Bertz CT molecular complexity index is 415. The molecule has 0 aliphatic heterocycles. The highest BCUT2D eigenvalue weighted by Gasteiger charge is 2.16. The molecule has 0 amide bonds. The summed E-state index contributed by atoms with van der Waals surface area (Å²) in [5.74, 6) is 0. The predicted molar refractivity (Wildman–Crippen MR) is 53.8 cm³/mol. The lowest BCUT2D eigenvalue weighted by Gasteiger charge is -2.04. The zero-order valence-electron chi connectivity index (χ0n) is 7.38. The Kier molecular flexibility index (Phi) is 2.34. The van der Waals surface area contributed by atoms with E-state index in [0.29, 0.717) is 11.2 Å². The van der Waals surface area contributed by atoms with Gasteiger partial charge in [-0.15, -0.1) is 0 Å². The first-order chi connectivity index (χ1) is 6.79. The molecule has 3 N–H and O–H groups in total. The Morgan fingerprint density at radius 3 is 2.57 bits per heavy atom. The number of aromatic amines is 1. The van der Waals surface area contributed by atoms with Gasteiger partial charge in [-0.05, 0) is 11.5 Å². The van der Waals surface area contributed by atoms with Gasteiger partial charge < -0.3 is 10.0 Å². The molecule has 0 unspecified atom stereocenters. The molecule has 0 saturated carbocycles. The van der Waals surface area contributed by atoms with Crippen molar-refractivity contribution in [2.75, 3.05) is 0 Å². The summed E-state index contributed by atoms with van der Waals surface area (Å²) in [6.45, 7) is 0. The number of hydrogen-bond acceptors (Lipinski definition) is 3. The van der Waals surface area contributed by atoms with Crippen molar-refractivity contribution in [3.8, 4) is 11.3 Å². The van der Waals surface area contributed by atoms with Crippen LogP contribution in [0.5, 0.6) is 0 Å². The third kappa shape index (κ3) is 1.55. The van der Waals surface area contributed by atoms with Crippen LogP contribution in [-0.4, -0.2) is 27.4 Å². The van der Waals surface area contributed by atoms with E-state index in [2.05, 4.69) is 10.2 Å². The van der Waals surface area contributed by atoms with Crippen molar-refractivity contribution in [1.82, 2.24) is 10.2 Å². The number of rotatable bonds is 2. The van der Waals surface area contributed by atoms with Crippen molar-refractivity contribution in [1.29, 1.82) is 0 Å². The van der Waals surface area contributed by atoms with Crippen molar-refractivity contribution >= 4 is 12.6 Å². The van der Waals surface area contributed by atoms with E-state index >= 15 is 0 Å². The zero-order valence-corrected chi connectivity index (χ0v) is 7.38. The van der Waals surface area contributed by atoms with Crippen LogP contribution in [0.15, 0.2) is 36.5 Å². The molecule has 0 saturated heterocycles. The van der Waals surface area contributed by atoms with Crippen molar-refractivity contribution in [3.63, 3.8) is 0 Å². The minimum atomic E-state index is -1.47. The summed E-state index contributed by atoms with van der Waals surface area (Å²) in [7, 11) is -1.47. The summed E-state index contributed by atoms with van der Waals surface area (Å²) in [4.78, 5) is 0. The standard InChI is InChI=1S/C9H9BN2O2/c13-10(14)8-4-2-1-3-7(8)9-5-6-11-12-9/h1-6,13-14H,(H,11,12). The smallest absolute Gasteiger partial charge is 0.423 e. The van der Waals surface area contributed by atoms with Gasteiger partial charge in [0, 0.05) is 11.8 Å². The van der Waals surface area contributed by atoms with Gasteiger partial charge in [-0.2, -0.15) is 5.10 Å². The first-order valence-corrected chi connectivity index (χ1v) is 4.24. The summed E-state index contributed by atoms with van der Waals surface area (Å²) in [6.07, 6.45) is 1.69.